The Morgan fingerprint density at radius 1 is 0.605 bits per heavy atom. The zero-order chi connectivity index (χ0) is 27.7. The van der Waals surface area contributed by atoms with E-state index in [1.807, 2.05) is 34.6 Å². The van der Waals surface area contributed by atoms with Crippen LogP contribution >= 0.6 is 0 Å². The normalized spacial score (nSPS) is 13.9. The number of esters is 4. The topological polar surface area (TPSA) is 112 Å². The molecule has 1 aliphatic heterocycles. The first kappa shape index (κ1) is 28.0. The number of carbonyl (C=O) groups is 4. The lowest BCUT2D eigenvalue weighted by Crippen LogP contribution is -2.26. The van der Waals surface area contributed by atoms with Gasteiger partial charge in [-0.05, 0) is 76.2 Å². The molecule has 1 heterocycles. The summed E-state index contributed by atoms with van der Waals surface area (Å²) < 4.78 is 20.0. The molecule has 200 valence electrons. The summed E-state index contributed by atoms with van der Waals surface area (Å²) in [7, 11) is 0. The SMILES string of the molecule is CCOC(=O)[C@H](C)OC(=O)c1ccc(N2C=CN(c3ccc(C(=O)O[C@@H](C)C(=O)OCC)cc3)C=C2)cc1. The van der Waals surface area contributed by atoms with Crippen molar-refractivity contribution < 1.29 is 38.1 Å². The summed E-state index contributed by atoms with van der Waals surface area (Å²) in [5, 5.41) is 0. The Morgan fingerprint density at radius 3 is 1.21 bits per heavy atom. The molecule has 0 aromatic heterocycles. The van der Waals surface area contributed by atoms with E-state index in [0.717, 1.165) is 11.4 Å². The van der Waals surface area contributed by atoms with Crippen molar-refractivity contribution in [3.63, 3.8) is 0 Å². The number of rotatable bonds is 10. The van der Waals surface area contributed by atoms with E-state index in [1.54, 1.807) is 62.4 Å². The van der Waals surface area contributed by atoms with Crippen molar-refractivity contribution in [2.75, 3.05) is 23.0 Å². The average molecular weight is 523 g/mol. The van der Waals surface area contributed by atoms with Gasteiger partial charge < -0.3 is 28.7 Å². The highest BCUT2D eigenvalue weighted by Gasteiger charge is 2.21. The van der Waals surface area contributed by atoms with Crippen LogP contribution in [0.2, 0.25) is 0 Å². The van der Waals surface area contributed by atoms with E-state index in [0.29, 0.717) is 11.1 Å². The highest BCUT2D eigenvalue weighted by molar-refractivity contribution is 5.92. The molecule has 0 spiro atoms. The van der Waals surface area contributed by atoms with E-state index in [4.69, 9.17) is 18.9 Å². The fourth-order valence-electron chi connectivity index (χ4n) is 3.34. The lowest BCUT2D eigenvalue weighted by Gasteiger charge is -2.25. The molecule has 2 atom stereocenters. The molecule has 0 N–H and O–H groups in total. The number of anilines is 2. The van der Waals surface area contributed by atoms with Crippen molar-refractivity contribution >= 4 is 35.3 Å². The predicted molar refractivity (Wildman–Crippen MR) is 139 cm³/mol. The number of carbonyl (C=O) groups excluding carboxylic acids is 4. The summed E-state index contributed by atoms with van der Waals surface area (Å²) in [5.41, 5.74) is 2.24. The molecule has 0 saturated heterocycles. The Hall–Kier alpha value is -4.60. The third-order valence-electron chi connectivity index (χ3n) is 5.38. The first-order valence-corrected chi connectivity index (χ1v) is 12.1. The fourth-order valence-corrected chi connectivity index (χ4v) is 3.34. The van der Waals surface area contributed by atoms with Crippen LogP contribution in [0, 0.1) is 0 Å². The van der Waals surface area contributed by atoms with Gasteiger partial charge in [0.1, 0.15) is 0 Å². The second-order valence-corrected chi connectivity index (χ2v) is 8.10. The minimum absolute atomic E-state index is 0.210. The Balaban J connectivity index is 1.56. The molecule has 0 unspecified atom stereocenters. The third kappa shape index (κ3) is 7.22. The van der Waals surface area contributed by atoms with Gasteiger partial charge in [0.2, 0.25) is 0 Å². The Bertz CT molecular complexity index is 1100. The molecular weight excluding hydrogens is 492 g/mol. The molecule has 3 rings (SSSR count). The molecule has 1 aliphatic rings. The summed E-state index contributed by atoms with van der Waals surface area (Å²) in [6.45, 7) is 6.71. The molecule has 10 heteroatoms. The largest absolute Gasteiger partial charge is 0.463 e. The summed E-state index contributed by atoms with van der Waals surface area (Å²) >= 11 is 0. The van der Waals surface area contributed by atoms with E-state index < -0.39 is 36.1 Å². The van der Waals surface area contributed by atoms with Crippen molar-refractivity contribution in [2.45, 2.75) is 39.9 Å². The molecule has 0 amide bonds. The van der Waals surface area contributed by atoms with E-state index in [-0.39, 0.29) is 13.2 Å². The molecule has 0 saturated carbocycles. The molecule has 10 nitrogen and oxygen atoms in total. The van der Waals surface area contributed by atoms with Crippen LogP contribution in [-0.4, -0.2) is 49.3 Å². The molecule has 2 aromatic rings. The molecule has 38 heavy (non-hydrogen) atoms. The first-order chi connectivity index (χ1) is 18.2. The zero-order valence-corrected chi connectivity index (χ0v) is 21.7. The van der Waals surface area contributed by atoms with Crippen LogP contribution in [0.15, 0.2) is 73.3 Å². The number of nitrogens with zero attached hydrogens (tertiary/aromatic N) is 2. The highest BCUT2D eigenvalue weighted by Crippen LogP contribution is 2.23. The van der Waals surface area contributed by atoms with Gasteiger partial charge in [0, 0.05) is 36.2 Å². The van der Waals surface area contributed by atoms with Gasteiger partial charge in [0.25, 0.3) is 0 Å². The van der Waals surface area contributed by atoms with E-state index in [1.165, 1.54) is 13.8 Å². The van der Waals surface area contributed by atoms with Crippen LogP contribution in [0.25, 0.3) is 0 Å². The lowest BCUT2D eigenvalue weighted by atomic mass is 10.2. The van der Waals surface area contributed by atoms with Gasteiger partial charge in [-0.15, -0.1) is 0 Å². The zero-order valence-electron chi connectivity index (χ0n) is 21.7. The minimum Gasteiger partial charge on any atom is -0.463 e. The predicted octanol–water partition coefficient (Wildman–Crippen LogP) is 4.17. The van der Waals surface area contributed by atoms with E-state index >= 15 is 0 Å². The molecule has 0 aliphatic carbocycles. The second-order valence-electron chi connectivity index (χ2n) is 8.10. The third-order valence-corrected chi connectivity index (χ3v) is 5.38. The van der Waals surface area contributed by atoms with Crippen LogP contribution < -0.4 is 9.80 Å². The molecule has 2 aromatic carbocycles. The van der Waals surface area contributed by atoms with Gasteiger partial charge in [-0.2, -0.15) is 0 Å². The van der Waals surface area contributed by atoms with Crippen molar-refractivity contribution in [3.05, 3.63) is 84.5 Å². The van der Waals surface area contributed by atoms with Gasteiger partial charge in [-0.25, -0.2) is 19.2 Å². The fraction of sp³-hybridized carbons (Fsp3) is 0.286. The maximum Gasteiger partial charge on any atom is 0.347 e. The summed E-state index contributed by atoms with van der Waals surface area (Å²) in [5.74, 6) is -2.42. The van der Waals surface area contributed by atoms with Crippen LogP contribution in [0.5, 0.6) is 0 Å². The summed E-state index contributed by atoms with van der Waals surface area (Å²) in [6.07, 6.45) is 5.35. The Kier molecular flexibility index (Phi) is 9.64. The van der Waals surface area contributed by atoms with Crippen LogP contribution in [0.1, 0.15) is 48.4 Å². The van der Waals surface area contributed by atoms with E-state index in [2.05, 4.69) is 0 Å². The smallest absolute Gasteiger partial charge is 0.347 e. The quantitative estimate of drug-likeness (QED) is 0.333. The van der Waals surface area contributed by atoms with Gasteiger partial charge >= 0.3 is 23.9 Å². The van der Waals surface area contributed by atoms with Gasteiger partial charge in [0.05, 0.1) is 24.3 Å². The number of ether oxygens (including phenoxy) is 4. The average Bonchev–Trinajstić information content (AvgIpc) is 2.93. The second kappa shape index (κ2) is 13.1. The van der Waals surface area contributed by atoms with E-state index in [9.17, 15) is 19.2 Å². The number of benzene rings is 2. The summed E-state index contributed by atoms with van der Waals surface area (Å²) in [4.78, 5) is 51.6. The van der Waals surface area contributed by atoms with Crippen LogP contribution in [0.4, 0.5) is 11.4 Å². The molecule has 0 radical (unpaired) electrons. The Morgan fingerprint density at radius 2 is 0.921 bits per heavy atom. The van der Waals surface area contributed by atoms with Crippen molar-refractivity contribution in [3.8, 4) is 0 Å². The van der Waals surface area contributed by atoms with Crippen LogP contribution in [-0.2, 0) is 28.5 Å². The molecular formula is C28H30N2O8. The standard InChI is InChI=1S/C28H30N2O8/c1-5-35-25(31)19(3)37-27(33)21-7-11-23(12-8-21)29-15-17-30(18-16-29)24-13-9-22(10-14-24)28(34)38-20(4)26(32)36-6-2/h7-20H,5-6H2,1-4H3/t19-,20-/m0/s1. The number of hydrogen-bond donors (Lipinski definition) is 0. The molecule has 0 fully saturated rings. The van der Waals surface area contributed by atoms with Crippen molar-refractivity contribution in [2.24, 2.45) is 0 Å². The maximum atomic E-state index is 12.3. The van der Waals surface area contributed by atoms with Crippen molar-refractivity contribution in [1.29, 1.82) is 0 Å². The van der Waals surface area contributed by atoms with Gasteiger partial charge in [0.15, 0.2) is 12.2 Å². The lowest BCUT2D eigenvalue weighted by molar-refractivity contribution is -0.153. The van der Waals surface area contributed by atoms with Gasteiger partial charge in [-0.1, -0.05) is 0 Å². The summed E-state index contributed by atoms with van der Waals surface area (Å²) in [6, 6.07) is 13.5. The van der Waals surface area contributed by atoms with Crippen LogP contribution in [0.3, 0.4) is 0 Å². The highest BCUT2D eigenvalue weighted by atomic mass is 16.6. The maximum absolute atomic E-state index is 12.3. The Labute approximate surface area is 221 Å². The minimum atomic E-state index is -0.992. The first-order valence-electron chi connectivity index (χ1n) is 12.1. The van der Waals surface area contributed by atoms with Gasteiger partial charge in [-0.3, -0.25) is 0 Å². The monoisotopic (exact) mass is 522 g/mol. The number of hydrogen-bond acceptors (Lipinski definition) is 10. The van der Waals surface area contributed by atoms with Crippen molar-refractivity contribution in [1.82, 2.24) is 0 Å². The molecule has 0 bridgehead atoms.